The van der Waals surface area contributed by atoms with Crippen molar-refractivity contribution in [3.63, 3.8) is 0 Å². The van der Waals surface area contributed by atoms with Gasteiger partial charge in [-0.2, -0.15) is 0 Å². The Morgan fingerprint density at radius 1 is 0.762 bits per heavy atom. The van der Waals surface area contributed by atoms with Crippen molar-refractivity contribution >= 4 is 46.4 Å². The van der Waals surface area contributed by atoms with Crippen LogP contribution >= 0.6 is 46.4 Å². The number of H-pyrrole nitrogens is 1. The molecule has 0 unspecified atom stereocenters. The van der Waals surface area contributed by atoms with Gasteiger partial charge >= 0.3 is 0 Å². The largest absolute Gasteiger partial charge is 0.338 e. The zero-order chi connectivity index (χ0) is 15.0. The molecule has 0 aliphatic heterocycles. The third-order valence-corrected chi connectivity index (χ3v) is 4.08. The lowest BCUT2D eigenvalue weighted by Gasteiger charge is -2.03. The molecular weight excluding hydrogens is 350 g/mol. The van der Waals surface area contributed by atoms with Crippen LogP contribution in [0.5, 0.6) is 0 Å². The van der Waals surface area contributed by atoms with Gasteiger partial charge in [-0.1, -0.05) is 46.4 Å². The number of hydrogen-bond donors (Lipinski definition) is 1. The predicted molar refractivity (Wildman–Crippen MR) is 89.5 cm³/mol. The number of rotatable bonds is 2. The highest BCUT2D eigenvalue weighted by Crippen LogP contribution is 2.33. The molecule has 0 saturated heterocycles. The van der Waals surface area contributed by atoms with Gasteiger partial charge in [-0.05, 0) is 36.4 Å². The van der Waals surface area contributed by atoms with Gasteiger partial charge in [0.1, 0.15) is 5.82 Å². The van der Waals surface area contributed by atoms with Gasteiger partial charge < -0.3 is 4.98 Å². The zero-order valence-electron chi connectivity index (χ0n) is 10.5. The summed E-state index contributed by atoms with van der Waals surface area (Å²) < 4.78 is 0. The number of nitrogens with one attached hydrogen (secondary N) is 1. The monoisotopic (exact) mass is 356 g/mol. The van der Waals surface area contributed by atoms with Gasteiger partial charge in [0, 0.05) is 21.2 Å². The third-order valence-electron chi connectivity index (χ3n) is 2.98. The molecule has 0 bridgehead atoms. The van der Waals surface area contributed by atoms with Crippen molar-refractivity contribution in [1.29, 1.82) is 0 Å². The number of nitrogens with zero attached hydrogens (tertiary/aromatic N) is 1. The minimum Gasteiger partial charge on any atom is -0.338 e. The van der Waals surface area contributed by atoms with Crippen molar-refractivity contribution in [2.75, 3.05) is 0 Å². The Labute approximate surface area is 141 Å². The van der Waals surface area contributed by atoms with Crippen LogP contribution in [0.1, 0.15) is 0 Å². The molecule has 0 aliphatic rings. The maximum atomic E-state index is 6.20. The van der Waals surface area contributed by atoms with Gasteiger partial charge in [0.05, 0.1) is 21.9 Å². The first-order chi connectivity index (χ1) is 10.0. The van der Waals surface area contributed by atoms with Crippen molar-refractivity contribution in [3.05, 3.63) is 62.7 Å². The van der Waals surface area contributed by atoms with Crippen LogP contribution in [0.25, 0.3) is 22.6 Å². The van der Waals surface area contributed by atoms with E-state index in [-0.39, 0.29) is 0 Å². The highest BCUT2D eigenvalue weighted by Gasteiger charge is 2.11. The number of hydrogen-bond acceptors (Lipinski definition) is 1. The Morgan fingerprint density at radius 2 is 1.33 bits per heavy atom. The maximum absolute atomic E-state index is 6.20. The summed E-state index contributed by atoms with van der Waals surface area (Å²) in [6, 6.07) is 10.6. The van der Waals surface area contributed by atoms with Gasteiger partial charge in [-0.3, -0.25) is 0 Å². The molecule has 0 spiro atoms. The van der Waals surface area contributed by atoms with E-state index in [1.165, 1.54) is 0 Å². The fourth-order valence-corrected chi connectivity index (χ4v) is 2.99. The molecule has 21 heavy (non-hydrogen) atoms. The molecule has 3 rings (SSSR count). The van der Waals surface area contributed by atoms with Gasteiger partial charge in [-0.15, -0.1) is 0 Å². The summed E-state index contributed by atoms with van der Waals surface area (Å²) in [6.07, 6.45) is 1.70. The lowest BCUT2D eigenvalue weighted by molar-refractivity contribution is 1.31. The van der Waals surface area contributed by atoms with Crippen molar-refractivity contribution < 1.29 is 0 Å². The molecule has 106 valence electrons. The van der Waals surface area contributed by atoms with E-state index in [1.54, 1.807) is 30.5 Å². The molecule has 0 amide bonds. The van der Waals surface area contributed by atoms with Gasteiger partial charge in [0.25, 0.3) is 0 Å². The van der Waals surface area contributed by atoms with E-state index in [9.17, 15) is 0 Å². The van der Waals surface area contributed by atoms with E-state index in [1.807, 2.05) is 12.1 Å². The number of imidazole rings is 1. The maximum Gasteiger partial charge on any atom is 0.139 e. The second-order valence-corrected chi connectivity index (χ2v) is 6.08. The number of aromatic amines is 1. The quantitative estimate of drug-likeness (QED) is 0.568. The fraction of sp³-hybridized carbons (Fsp3) is 0. The summed E-state index contributed by atoms with van der Waals surface area (Å²) in [5.74, 6) is 0.651. The first-order valence-electron chi connectivity index (χ1n) is 6.00. The summed E-state index contributed by atoms with van der Waals surface area (Å²) in [5, 5.41) is 2.26. The van der Waals surface area contributed by atoms with Crippen molar-refractivity contribution in [3.8, 4) is 22.6 Å². The topological polar surface area (TPSA) is 28.7 Å². The molecule has 0 radical (unpaired) electrons. The minimum absolute atomic E-state index is 0.533. The van der Waals surface area contributed by atoms with Crippen LogP contribution in [-0.2, 0) is 0 Å². The zero-order valence-corrected chi connectivity index (χ0v) is 13.5. The molecule has 2 nitrogen and oxygen atoms in total. The molecule has 0 fully saturated rings. The molecule has 0 aliphatic carbocycles. The highest BCUT2D eigenvalue weighted by atomic mass is 35.5. The predicted octanol–water partition coefficient (Wildman–Crippen LogP) is 6.36. The van der Waals surface area contributed by atoms with Crippen LogP contribution in [0.3, 0.4) is 0 Å². The van der Waals surface area contributed by atoms with Crippen LogP contribution in [-0.4, -0.2) is 9.97 Å². The SMILES string of the molecule is Clc1ccc(-c2cnc(-c3ccc(Cl)cc3Cl)[nH]2)c(Cl)c1. The molecule has 1 aromatic heterocycles. The smallest absolute Gasteiger partial charge is 0.139 e. The van der Waals surface area contributed by atoms with Gasteiger partial charge in [0.15, 0.2) is 0 Å². The van der Waals surface area contributed by atoms with Crippen LogP contribution in [0.2, 0.25) is 20.1 Å². The highest BCUT2D eigenvalue weighted by molar-refractivity contribution is 6.37. The Hall–Kier alpha value is -1.19. The minimum atomic E-state index is 0.533. The van der Waals surface area contributed by atoms with Crippen molar-refractivity contribution in [2.45, 2.75) is 0 Å². The van der Waals surface area contributed by atoms with E-state index < -0.39 is 0 Å². The van der Waals surface area contributed by atoms with Gasteiger partial charge in [0.2, 0.25) is 0 Å². The van der Waals surface area contributed by atoms with E-state index in [4.69, 9.17) is 46.4 Å². The average molecular weight is 358 g/mol. The van der Waals surface area contributed by atoms with E-state index in [2.05, 4.69) is 9.97 Å². The summed E-state index contributed by atoms with van der Waals surface area (Å²) in [6.45, 7) is 0. The molecule has 3 aromatic rings. The van der Waals surface area contributed by atoms with E-state index in [0.717, 1.165) is 16.8 Å². The number of benzene rings is 2. The Kier molecular flexibility index (Phi) is 4.14. The average Bonchev–Trinajstić information content (AvgIpc) is 2.87. The van der Waals surface area contributed by atoms with Crippen molar-refractivity contribution in [1.82, 2.24) is 9.97 Å². The standard InChI is InChI=1S/C15H8Cl4N2/c16-8-1-3-10(12(18)5-8)14-7-20-15(21-14)11-4-2-9(17)6-13(11)19/h1-7H,(H,20,21). The molecule has 1 N–H and O–H groups in total. The molecule has 1 heterocycles. The van der Waals surface area contributed by atoms with Crippen LogP contribution < -0.4 is 0 Å². The molecule has 6 heteroatoms. The summed E-state index contributed by atoms with van der Waals surface area (Å²) >= 11 is 24.2. The molecule has 0 atom stereocenters. The number of aromatic nitrogens is 2. The summed E-state index contributed by atoms with van der Waals surface area (Å²) in [5.41, 5.74) is 2.39. The fourth-order valence-electron chi connectivity index (χ4n) is 1.98. The van der Waals surface area contributed by atoms with E-state index >= 15 is 0 Å². The Balaban J connectivity index is 2.03. The second-order valence-electron chi connectivity index (χ2n) is 4.39. The second kappa shape index (κ2) is 5.90. The first-order valence-corrected chi connectivity index (χ1v) is 7.51. The van der Waals surface area contributed by atoms with E-state index in [0.29, 0.717) is 25.9 Å². The summed E-state index contributed by atoms with van der Waals surface area (Å²) in [4.78, 5) is 7.54. The van der Waals surface area contributed by atoms with Gasteiger partial charge in [-0.25, -0.2) is 4.98 Å². The van der Waals surface area contributed by atoms with Crippen LogP contribution in [0.15, 0.2) is 42.6 Å². The van der Waals surface area contributed by atoms with Crippen molar-refractivity contribution in [2.24, 2.45) is 0 Å². The Bertz CT molecular complexity index is 745. The molecular formula is C15H8Cl4N2. The number of halogens is 4. The van der Waals surface area contributed by atoms with Crippen LogP contribution in [0, 0.1) is 0 Å². The first kappa shape index (κ1) is 14.7. The Morgan fingerprint density at radius 3 is 1.90 bits per heavy atom. The lowest BCUT2D eigenvalue weighted by atomic mass is 10.2. The third kappa shape index (κ3) is 3.04. The molecule has 0 saturated carbocycles. The van der Waals surface area contributed by atoms with Crippen LogP contribution in [0.4, 0.5) is 0 Å². The normalized spacial score (nSPS) is 10.9. The molecule has 2 aromatic carbocycles. The summed E-state index contributed by atoms with van der Waals surface area (Å²) in [7, 11) is 0. The lowest BCUT2D eigenvalue weighted by Crippen LogP contribution is -1.83.